The molecule has 1 heterocycles. The van der Waals surface area contributed by atoms with Crippen molar-refractivity contribution in [1.82, 2.24) is 0 Å². The molecule has 76 valence electrons. The van der Waals surface area contributed by atoms with Crippen LogP contribution in [0.3, 0.4) is 0 Å². The van der Waals surface area contributed by atoms with E-state index in [0.29, 0.717) is 0 Å². The van der Waals surface area contributed by atoms with Crippen molar-refractivity contribution in [2.24, 2.45) is 0 Å². The van der Waals surface area contributed by atoms with E-state index in [9.17, 15) is 17.6 Å². The maximum absolute atomic E-state index is 13.0. The smallest absolute Gasteiger partial charge is 0.373 e. The van der Waals surface area contributed by atoms with Gasteiger partial charge in [0.05, 0.1) is 0 Å². The van der Waals surface area contributed by atoms with Gasteiger partial charge in [0.15, 0.2) is 0 Å². The van der Waals surface area contributed by atoms with Gasteiger partial charge in [-0.25, -0.2) is 4.39 Å². The highest BCUT2D eigenvalue weighted by molar-refractivity contribution is 5.57. The van der Waals surface area contributed by atoms with Crippen LogP contribution in [0.25, 0.3) is 0 Å². The monoisotopic (exact) mass is 205 g/mol. The largest absolute Gasteiger partial charge is 0.408 e. The summed E-state index contributed by atoms with van der Waals surface area (Å²) in [5, 5.41) is 2.25. The molecule has 2 rings (SSSR count). The van der Waals surface area contributed by atoms with Crippen molar-refractivity contribution in [2.45, 2.75) is 18.6 Å². The van der Waals surface area contributed by atoms with Crippen molar-refractivity contribution in [1.29, 1.82) is 0 Å². The number of hydrogen-bond donors (Lipinski definition) is 1. The molecule has 1 aliphatic heterocycles. The zero-order chi connectivity index (χ0) is 10.3. The highest BCUT2D eigenvalue weighted by Crippen LogP contribution is 2.35. The van der Waals surface area contributed by atoms with Crippen LogP contribution in [-0.4, -0.2) is 12.2 Å². The average Bonchev–Trinajstić information content (AvgIpc) is 2.48. The number of alkyl halides is 3. The van der Waals surface area contributed by atoms with Gasteiger partial charge in [0.1, 0.15) is 11.9 Å². The summed E-state index contributed by atoms with van der Waals surface area (Å²) in [5.74, 6) is -0.582. The fraction of sp³-hybridized carbons (Fsp3) is 0.333. The van der Waals surface area contributed by atoms with E-state index in [0.717, 1.165) is 0 Å². The summed E-state index contributed by atoms with van der Waals surface area (Å²) >= 11 is 0. The van der Waals surface area contributed by atoms with Crippen LogP contribution in [-0.2, 0) is 6.42 Å². The van der Waals surface area contributed by atoms with Crippen LogP contribution in [0.5, 0.6) is 0 Å². The lowest BCUT2D eigenvalue weighted by Gasteiger charge is -2.14. The molecular weight excluding hydrogens is 198 g/mol. The lowest BCUT2D eigenvalue weighted by molar-refractivity contribution is -0.140. The summed E-state index contributed by atoms with van der Waals surface area (Å²) in [7, 11) is 0. The second kappa shape index (κ2) is 2.87. The SMILES string of the molecule is Fc1cccc2c1C[C@@H](C(F)(F)F)N2. The summed E-state index contributed by atoms with van der Waals surface area (Å²) in [4.78, 5) is 0. The van der Waals surface area contributed by atoms with Crippen LogP contribution in [0.15, 0.2) is 18.2 Å². The molecule has 0 saturated carbocycles. The highest BCUT2D eigenvalue weighted by Gasteiger charge is 2.43. The number of halogens is 4. The second-order valence-electron chi connectivity index (χ2n) is 3.21. The maximum atomic E-state index is 13.0. The first-order valence-electron chi connectivity index (χ1n) is 4.09. The minimum Gasteiger partial charge on any atom is -0.373 e. The maximum Gasteiger partial charge on any atom is 0.408 e. The third-order valence-corrected chi connectivity index (χ3v) is 2.25. The van der Waals surface area contributed by atoms with Gasteiger partial charge < -0.3 is 5.32 Å². The van der Waals surface area contributed by atoms with E-state index in [2.05, 4.69) is 5.32 Å². The Morgan fingerprint density at radius 1 is 1.29 bits per heavy atom. The van der Waals surface area contributed by atoms with E-state index in [1.54, 1.807) is 0 Å². The molecule has 0 aromatic heterocycles. The number of fused-ring (bicyclic) bond motifs is 1. The fourth-order valence-electron chi connectivity index (χ4n) is 1.54. The second-order valence-corrected chi connectivity index (χ2v) is 3.21. The molecule has 0 bridgehead atoms. The van der Waals surface area contributed by atoms with Gasteiger partial charge in [0, 0.05) is 17.7 Å². The Morgan fingerprint density at radius 3 is 2.57 bits per heavy atom. The summed E-state index contributed by atoms with van der Waals surface area (Å²) in [6.07, 6.45) is -4.66. The molecule has 1 aromatic rings. The predicted molar refractivity (Wildman–Crippen MR) is 43.6 cm³/mol. The summed E-state index contributed by atoms with van der Waals surface area (Å²) < 4.78 is 49.9. The Labute approximate surface area is 77.7 Å². The molecule has 0 radical (unpaired) electrons. The molecule has 1 aliphatic rings. The van der Waals surface area contributed by atoms with Crippen LogP contribution in [0, 0.1) is 5.82 Å². The Balaban J connectivity index is 2.31. The lowest BCUT2D eigenvalue weighted by Crippen LogP contribution is -2.34. The summed E-state index contributed by atoms with van der Waals surface area (Å²) in [6.45, 7) is 0. The number of anilines is 1. The fourth-order valence-corrected chi connectivity index (χ4v) is 1.54. The molecule has 5 heteroatoms. The predicted octanol–water partition coefficient (Wildman–Crippen LogP) is 2.72. The van der Waals surface area contributed by atoms with Gasteiger partial charge in [-0.15, -0.1) is 0 Å². The van der Waals surface area contributed by atoms with E-state index in [-0.39, 0.29) is 17.7 Å². The first kappa shape index (κ1) is 9.30. The lowest BCUT2D eigenvalue weighted by atomic mass is 10.1. The summed E-state index contributed by atoms with van der Waals surface area (Å²) in [6, 6.07) is 2.35. The minimum atomic E-state index is -4.33. The number of nitrogens with one attached hydrogen (secondary N) is 1. The van der Waals surface area contributed by atoms with E-state index in [1.807, 2.05) is 0 Å². The Kier molecular flexibility index (Phi) is 1.90. The van der Waals surface area contributed by atoms with Crippen molar-refractivity contribution in [3.8, 4) is 0 Å². The van der Waals surface area contributed by atoms with Crippen LogP contribution in [0.4, 0.5) is 23.2 Å². The van der Waals surface area contributed by atoms with Crippen LogP contribution < -0.4 is 5.32 Å². The first-order chi connectivity index (χ1) is 6.48. The van der Waals surface area contributed by atoms with E-state index in [1.165, 1.54) is 18.2 Å². The van der Waals surface area contributed by atoms with E-state index < -0.39 is 18.0 Å². The van der Waals surface area contributed by atoms with Crippen molar-refractivity contribution in [2.75, 3.05) is 5.32 Å². The Morgan fingerprint density at radius 2 is 2.00 bits per heavy atom. The third-order valence-electron chi connectivity index (χ3n) is 2.25. The molecule has 0 unspecified atom stereocenters. The molecule has 14 heavy (non-hydrogen) atoms. The highest BCUT2D eigenvalue weighted by atomic mass is 19.4. The Hall–Kier alpha value is -1.26. The van der Waals surface area contributed by atoms with Crippen LogP contribution in [0.1, 0.15) is 5.56 Å². The van der Waals surface area contributed by atoms with Crippen LogP contribution >= 0.6 is 0 Å². The van der Waals surface area contributed by atoms with Crippen LogP contribution in [0.2, 0.25) is 0 Å². The van der Waals surface area contributed by atoms with Crippen molar-refractivity contribution >= 4 is 5.69 Å². The number of benzene rings is 1. The van der Waals surface area contributed by atoms with Crippen molar-refractivity contribution < 1.29 is 17.6 Å². The number of hydrogen-bond acceptors (Lipinski definition) is 1. The van der Waals surface area contributed by atoms with Gasteiger partial charge in [-0.3, -0.25) is 0 Å². The molecule has 1 nitrogen and oxygen atoms in total. The van der Waals surface area contributed by atoms with Crippen molar-refractivity contribution in [3.05, 3.63) is 29.6 Å². The molecule has 0 spiro atoms. The van der Waals surface area contributed by atoms with Gasteiger partial charge in [-0.05, 0) is 12.1 Å². The quantitative estimate of drug-likeness (QED) is 0.642. The minimum absolute atomic E-state index is 0.120. The molecule has 1 aromatic carbocycles. The Bertz CT molecular complexity index is 358. The zero-order valence-corrected chi connectivity index (χ0v) is 7.03. The van der Waals surface area contributed by atoms with Gasteiger partial charge in [0.25, 0.3) is 0 Å². The van der Waals surface area contributed by atoms with Gasteiger partial charge in [0.2, 0.25) is 0 Å². The molecular formula is C9H7F4N. The topological polar surface area (TPSA) is 12.0 Å². The van der Waals surface area contributed by atoms with Gasteiger partial charge in [-0.2, -0.15) is 13.2 Å². The molecule has 0 amide bonds. The molecule has 1 atom stereocenters. The van der Waals surface area contributed by atoms with E-state index >= 15 is 0 Å². The van der Waals surface area contributed by atoms with Gasteiger partial charge in [-0.1, -0.05) is 6.07 Å². The van der Waals surface area contributed by atoms with E-state index in [4.69, 9.17) is 0 Å². The average molecular weight is 205 g/mol. The molecule has 1 N–H and O–H groups in total. The summed E-state index contributed by atoms with van der Waals surface area (Å²) in [5.41, 5.74) is 0.363. The number of rotatable bonds is 0. The molecule has 0 fully saturated rings. The standard InChI is InChI=1S/C9H7F4N/c10-6-2-1-3-7-5(6)4-8(14-7)9(11,12)13/h1-3,8,14H,4H2/t8-/m0/s1. The molecule has 0 saturated heterocycles. The third kappa shape index (κ3) is 1.42. The first-order valence-corrected chi connectivity index (χ1v) is 4.09. The molecule has 0 aliphatic carbocycles. The van der Waals surface area contributed by atoms with Gasteiger partial charge >= 0.3 is 6.18 Å². The normalized spacial score (nSPS) is 20.4. The zero-order valence-electron chi connectivity index (χ0n) is 7.03. The van der Waals surface area contributed by atoms with Crippen molar-refractivity contribution in [3.63, 3.8) is 0 Å².